The Bertz CT molecular complexity index is 920. The minimum atomic E-state index is -3.76. The first kappa shape index (κ1) is 14.3. The van der Waals surface area contributed by atoms with E-state index in [9.17, 15) is 8.42 Å². The standard InChI is InChI=1S/C14H13N3O4S/c1-20-13-11-8-9-17(12(11)15-14(16-13)21-2)22(18,19)10-6-4-3-5-7-10/h3-9H,1-2H3. The largest absolute Gasteiger partial charge is 0.480 e. The quantitative estimate of drug-likeness (QED) is 0.727. The second-order valence-corrected chi connectivity index (χ2v) is 6.20. The minimum Gasteiger partial charge on any atom is -0.480 e. The van der Waals surface area contributed by atoms with Gasteiger partial charge >= 0.3 is 6.01 Å². The van der Waals surface area contributed by atoms with Crippen molar-refractivity contribution in [3.05, 3.63) is 42.6 Å². The van der Waals surface area contributed by atoms with Crippen molar-refractivity contribution >= 4 is 21.1 Å². The van der Waals surface area contributed by atoms with Crippen LogP contribution in [-0.4, -0.2) is 36.6 Å². The predicted octanol–water partition coefficient (Wildman–Crippen LogP) is 1.69. The molecule has 0 aliphatic rings. The molecule has 8 heteroatoms. The molecule has 7 nitrogen and oxygen atoms in total. The molecule has 0 saturated carbocycles. The fourth-order valence-corrected chi connectivity index (χ4v) is 3.41. The van der Waals surface area contributed by atoms with E-state index in [1.165, 1.54) is 32.5 Å². The molecule has 1 aromatic carbocycles. The molecule has 2 heterocycles. The molecule has 0 atom stereocenters. The molecule has 0 fully saturated rings. The normalized spacial score (nSPS) is 11.5. The average molecular weight is 319 g/mol. The number of benzene rings is 1. The highest BCUT2D eigenvalue weighted by Gasteiger charge is 2.22. The predicted molar refractivity (Wildman–Crippen MR) is 79.7 cm³/mol. The summed E-state index contributed by atoms with van der Waals surface area (Å²) in [5.41, 5.74) is 0.201. The maximum atomic E-state index is 12.7. The van der Waals surface area contributed by atoms with Crippen LogP contribution in [0.3, 0.4) is 0 Å². The summed E-state index contributed by atoms with van der Waals surface area (Å²) in [6, 6.07) is 9.75. The van der Waals surface area contributed by atoms with Crippen molar-refractivity contribution in [2.75, 3.05) is 14.2 Å². The summed E-state index contributed by atoms with van der Waals surface area (Å²) in [6.45, 7) is 0. The zero-order chi connectivity index (χ0) is 15.7. The van der Waals surface area contributed by atoms with E-state index in [1.54, 1.807) is 24.3 Å². The molecule has 0 radical (unpaired) electrons. The third-order valence-corrected chi connectivity index (χ3v) is 4.81. The molecule has 0 spiro atoms. The van der Waals surface area contributed by atoms with Gasteiger partial charge in [0, 0.05) is 6.20 Å². The second-order valence-electron chi connectivity index (χ2n) is 4.39. The highest BCUT2D eigenvalue weighted by molar-refractivity contribution is 7.90. The molecule has 22 heavy (non-hydrogen) atoms. The van der Waals surface area contributed by atoms with Crippen LogP contribution < -0.4 is 9.47 Å². The third kappa shape index (κ3) is 2.17. The molecule has 0 saturated heterocycles. The Morgan fingerprint density at radius 2 is 1.73 bits per heavy atom. The monoisotopic (exact) mass is 319 g/mol. The van der Waals surface area contributed by atoms with Gasteiger partial charge in [-0.05, 0) is 18.2 Å². The smallest absolute Gasteiger partial charge is 0.321 e. The summed E-state index contributed by atoms with van der Waals surface area (Å²) in [4.78, 5) is 8.34. The number of hydrogen-bond donors (Lipinski definition) is 0. The summed E-state index contributed by atoms with van der Waals surface area (Å²) in [7, 11) is -0.906. The lowest BCUT2D eigenvalue weighted by Crippen LogP contribution is -2.12. The summed E-state index contributed by atoms with van der Waals surface area (Å²) in [5.74, 6) is 0.254. The van der Waals surface area contributed by atoms with E-state index < -0.39 is 10.0 Å². The number of hydrogen-bond acceptors (Lipinski definition) is 6. The molecule has 0 N–H and O–H groups in total. The number of fused-ring (bicyclic) bond motifs is 1. The van der Waals surface area contributed by atoms with Gasteiger partial charge in [-0.3, -0.25) is 0 Å². The Balaban J connectivity index is 2.28. The first-order chi connectivity index (χ1) is 10.6. The maximum Gasteiger partial charge on any atom is 0.321 e. The van der Waals surface area contributed by atoms with Gasteiger partial charge in [0.1, 0.15) is 0 Å². The molecule has 114 valence electrons. The Labute approximate surface area is 127 Å². The highest BCUT2D eigenvalue weighted by Crippen LogP contribution is 2.28. The lowest BCUT2D eigenvalue weighted by atomic mass is 10.4. The zero-order valence-corrected chi connectivity index (χ0v) is 12.7. The summed E-state index contributed by atoms with van der Waals surface area (Å²) >= 11 is 0. The molecule has 0 aliphatic carbocycles. The maximum absolute atomic E-state index is 12.7. The van der Waals surface area contributed by atoms with Gasteiger partial charge in [-0.1, -0.05) is 18.2 Å². The lowest BCUT2D eigenvalue weighted by Gasteiger charge is -2.08. The number of rotatable bonds is 4. The van der Waals surface area contributed by atoms with Gasteiger partial charge < -0.3 is 9.47 Å². The molecule has 2 aromatic heterocycles. The molecule has 3 aromatic rings. The first-order valence-electron chi connectivity index (χ1n) is 6.35. The van der Waals surface area contributed by atoms with Crippen LogP contribution in [0.4, 0.5) is 0 Å². The highest BCUT2D eigenvalue weighted by atomic mass is 32.2. The van der Waals surface area contributed by atoms with Crippen LogP contribution in [0, 0.1) is 0 Å². The van der Waals surface area contributed by atoms with Crippen molar-refractivity contribution in [1.82, 2.24) is 13.9 Å². The van der Waals surface area contributed by atoms with E-state index in [0.717, 1.165) is 3.97 Å². The number of nitrogens with zero attached hydrogens (tertiary/aromatic N) is 3. The Kier molecular flexibility index (Phi) is 3.45. The minimum absolute atomic E-state index is 0.0348. The molecular formula is C14H13N3O4S. The van der Waals surface area contributed by atoms with Crippen molar-refractivity contribution in [3.8, 4) is 11.9 Å². The van der Waals surface area contributed by atoms with Crippen LogP contribution >= 0.6 is 0 Å². The fourth-order valence-electron chi connectivity index (χ4n) is 2.09. The van der Waals surface area contributed by atoms with Crippen LogP contribution in [-0.2, 0) is 10.0 Å². The SMILES string of the molecule is COc1nc(OC)c2ccn(S(=O)(=O)c3ccccc3)c2n1. The van der Waals surface area contributed by atoms with E-state index in [4.69, 9.17) is 9.47 Å². The van der Waals surface area contributed by atoms with Gasteiger partial charge in [-0.15, -0.1) is 0 Å². The molecule has 0 amide bonds. The van der Waals surface area contributed by atoms with Gasteiger partial charge in [0.25, 0.3) is 10.0 Å². The molecule has 0 bridgehead atoms. The van der Waals surface area contributed by atoms with Gasteiger partial charge in [-0.25, -0.2) is 12.4 Å². The number of ether oxygens (including phenoxy) is 2. The summed E-state index contributed by atoms with van der Waals surface area (Å²) in [6.07, 6.45) is 1.42. The van der Waals surface area contributed by atoms with Gasteiger partial charge in [0.2, 0.25) is 5.88 Å². The van der Waals surface area contributed by atoms with Crippen LogP contribution in [0.1, 0.15) is 0 Å². The molecule has 3 rings (SSSR count). The molecule has 0 unspecified atom stereocenters. The van der Waals surface area contributed by atoms with Crippen molar-refractivity contribution < 1.29 is 17.9 Å². The zero-order valence-electron chi connectivity index (χ0n) is 11.9. The lowest BCUT2D eigenvalue weighted by molar-refractivity contribution is 0.356. The summed E-state index contributed by atoms with van der Waals surface area (Å²) < 4.78 is 36.7. The topological polar surface area (TPSA) is 83.3 Å². The Morgan fingerprint density at radius 1 is 1.00 bits per heavy atom. The van der Waals surface area contributed by atoms with Crippen LogP contribution in [0.25, 0.3) is 11.0 Å². The van der Waals surface area contributed by atoms with E-state index in [0.29, 0.717) is 5.39 Å². The third-order valence-electron chi connectivity index (χ3n) is 3.13. The van der Waals surface area contributed by atoms with Crippen molar-refractivity contribution in [3.63, 3.8) is 0 Å². The van der Waals surface area contributed by atoms with Crippen molar-refractivity contribution in [2.24, 2.45) is 0 Å². The molecule has 0 aliphatic heterocycles. The Morgan fingerprint density at radius 3 is 2.36 bits per heavy atom. The average Bonchev–Trinajstić information content (AvgIpc) is 2.99. The van der Waals surface area contributed by atoms with Crippen molar-refractivity contribution in [2.45, 2.75) is 4.90 Å². The second kappa shape index (κ2) is 5.30. The Hall–Kier alpha value is -2.61. The van der Waals surface area contributed by atoms with Crippen LogP contribution in [0.5, 0.6) is 11.9 Å². The van der Waals surface area contributed by atoms with Crippen molar-refractivity contribution in [1.29, 1.82) is 0 Å². The van der Waals surface area contributed by atoms with Gasteiger partial charge in [0.15, 0.2) is 5.65 Å². The molecular weight excluding hydrogens is 306 g/mol. The number of methoxy groups -OCH3 is 2. The van der Waals surface area contributed by atoms with Gasteiger partial charge in [0.05, 0.1) is 24.5 Å². The fraction of sp³-hybridized carbons (Fsp3) is 0.143. The van der Waals surface area contributed by atoms with Crippen LogP contribution in [0.15, 0.2) is 47.5 Å². The van der Waals surface area contributed by atoms with Gasteiger partial charge in [-0.2, -0.15) is 9.97 Å². The van der Waals surface area contributed by atoms with E-state index in [2.05, 4.69) is 9.97 Å². The first-order valence-corrected chi connectivity index (χ1v) is 7.79. The van der Waals surface area contributed by atoms with E-state index in [1.807, 2.05) is 0 Å². The number of aromatic nitrogens is 3. The van der Waals surface area contributed by atoms with E-state index >= 15 is 0 Å². The van der Waals surface area contributed by atoms with E-state index in [-0.39, 0.29) is 22.4 Å². The van der Waals surface area contributed by atoms with Crippen LogP contribution in [0.2, 0.25) is 0 Å². The summed E-state index contributed by atoms with van der Waals surface area (Å²) in [5, 5.41) is 0.489.